The standard InChI is InChI=1S/C16H23FN2O2S/c1-12-2-5-15(17)16(10-12)22(20,21)19-8-6-14(7-9-19)18-11-13-3-4-13/h2,5,10,13-14,18H,3-4,6-9,11H2,1H3. The van der Waals surface area contributed by atoms with Crippen molar-refractivity contribution in [1.29, 1.82) is 0 Å². The van der Waals surface area contributed by atoms with Gasteiger partial charge in [0.25, 0.3) is 0 Å². The molecule has 4 nitrogen and oxygen atoms in total. The highest BCUT2D eigenvalue weighted by Gasteiger charge is 2.32. The first-order chi connectivity index (χ1) is 10.5. The lowest BCUT2D eigenvalue weighted by atomic mass is 10.1. The van der Waals surface area contributed by atoms with E-state index in [1.807, 2.05) is 0 Å². The van der Waals surface area contributed by atoms with Crippen molar-refractivity contribution < 1.29 is 12.8 Å². The van der Waals surface area contributed by atoms with Gasteiger partial charge in [-0.2, -0.15) is 4.31 Å². The van der Waals surface area contributed by atoms with Crippen LogP contribution in [0.3, 0.4) is 0 Å². The third-order valence-corrected chi connectivity index (χ3v) is 6.46. The Hall–Kier alpha value is -0.980. The van der Waals surface area contributed by atoms with Crippen LogP contribution in [0.5, 0.6) is 0 Å². The molecule has 3 rings (SSSR count). The molecule has 0 atom stereocenters. The summed E-state index contributed by atoms with van der Waals surface area (Å²) in [5, 5.41) is 3.52. The van der Waals surface area contributed by atoms with Crippen molar-refractivity contribution >= 4 is 10.0 Å². The fraction of sp³-hybridized carbons (Fsp3) is 0.625. The minimum atomic E-state index is -3.73. The molecule has 0 bridgehead atoms. The zero-order valence-corrected chi connectivity index (χ0v) is 13.7. The fourth-order valence-electron chi connectivity index (χ4n) is 2.90. The molecule has 1 aromatic carbocycles. The van der Waals surface area contributed by atoms with Gasteiger partial charge in [-0.3, -0.25) is 0 Å². The molecular weight excluding hydrogens is 303 g/mol. The van der Waals surface area contributed by atoms with E-state index in [4.69, 9.17) is 0 Å². The van der Waals surface area contributed by atoms with Crippen LogP contribution in [0.1, 0.15) is 31.2 Å². The van der Waals surface area contributed by atoms with Gasteiger partial charge in [-0.15, -0.1) is 0 Å². The molecule has 122 valence electrons. The summed E-state index contributed by atoms with van der Waals surface area (Å²) in [6, 6.07) is 4.62. The van der Waals surface area contributed by atoms with E-state index in [1.165, 1.54) is 29.3 Å². The molecule has 0 radical (unpaired) electrons. The molecule has 6 heteroatoms. The van der Waals surface area contributed by atoms with E-state index in [1.54, 1.807) is 13.0 Å². The topological polar surface area (TPSA) is 49.4 Å². The molecule has 1 aliphatic carbocycles. The number of hydrogen-bond donors (Lipinski definition) is 1. The van der Waals surface area contributed by atoms with Crippen LogP contribution in [0, 0.1) is 18.7 Å². The molecule has 1 aromatic rings. The summed E-state index contributed by atoms with van der Waals surface area (Å²) in [4.78, 5) is -0.197. The molecule has 0 aromatic heterocycles. The maximum absolute atomic E-state index is 13.9. The molecular formula is C16H23FN2O2S. The predicted octanol–water partition coefficient (Wildman–Crippen LogP) is 2.29. The van der Waals surface area contributed by atoms with Gasteiger partial charge < -0.3 is 5.32 Å². The Morgan fingerprint density at radius 3 is 2.55 bits per heavy atom. The van der Waals surface area contributed by atoms with Crippen LogP contribution in [0.4, 0.5) is 4.39 Å². The number of aryl methyl sites for hydroxylation is 1. The average Bonchev–Trinajstić information content (AvgIpc) is 3.32. The summed E-state index contributed by atoms with van der Waals surface area (Å²) in [5.74, 6) is 0.155. The maximum atomic E-state index is 13.9. The Morgan fingerprint density at radius 1 is 1.23 bits per heavy atom. The maximum Gasteiger partial charge on any atom is 0.245 e. The lowest BCUT2D eigenvalue weighted by Gasteiger charge is -2.32. The summed E-state index contributed by atoms with van der Waals surface area (Å²) >= 11 is 0. The molecule has 0 unspecified atom stereocenters. The van der Waals surface area contributed by atoms with E-state index in [0.29, 0.717) is 19.1 Å². The fourth-order valence-corrected chi connectivity index (χ4v) is 4.52. The van der Waals surface area contributed by atoms with Crippen molar-refractivity contribution in [2.24, 2.45) is 5.92 Å². The van der Waals surface area contributed by atoms with Gasteiger partial charge >= 0.3 is 0 Å². The number of nitrogens with one attached hydrogen (secondary N) is 1. The number of nitrogens with zero attached hydrogens (tertiary/aromatic N) is 1. The molecule has 1 N–H and O–H groups in total. The SMILES string of the molecule is Cc1ccc(F)c(S(=O)(=O)N2CCC(NCC3CC3)CC2)c1. The van der Waals surface area contributed by atoms with Crippen LogP contribution in [-0.4, -0.2) is 38.4 Å². The van der Waals surface area contributed by atoms with Gasteiger partial charge in [-0.05, 0) is 62.8 Å². The third-order valence-electron chi connectivity index (χ3n) is 4.55. The van der Waals surface area contributed by atoms with Crippen LogP contribution in [-0.2, 0) is 10.0 Å². The Kier molecular flexibility index (Phi) is 4.52. The van der Waals surface area contributed by atoms with E-state index in [-0.39, 0.29) is 4.90 Å². The first-order valence-electron chi connectivity index (χ1n) is 7.96. The zero-order valence-electron chi connectivity index (χ0n) is 12.9. The van der Waals surface area contributed by atoms with Gasteiger partial charge in [0.2, 0.25) is 10.0 Å². The normalized spacial score (nSPS) is 21.2. The summed E-state index contributed by atoms with van der Waals surface area (Å²) in [6.45, 7) is 3.73. The number of halogens is 1. The summed E-state index contributed by atoms with van der Waals surface area (Å²) in [5.41, 5.74) is 0.751. The first kappa shape index (κ1) is 15.9. The Labute approximate surface area is 131 Å². The molecule has 0 amide bonds. The molecule has 2 aliphatic rings. The van der Waals surface area contributed by atoms with Crippen molar-refractivity contribution in [3.63, 3.8) is 0 Å². The lowest BCUT2D eigenvalue weighted by Crippen LogP contribution is -2.45. The van der Waals surface area contributed by atoms with Gasteiger partial charge in [0.1, 0.15) is 10.7 Å². The van der Waals surface area contributed by atoms with Gasteiger partial charge in [0.05, 0.1) is 0 Å². The number of sulfonamides is 1. The molecule has 1 saturated heterocycles. The van der Waals surface area contributed by atoms with E-state index < -0.39 is 15.8 Å². The van der Waals surface area contributed by atoms with Crippen molar-refractivity contribution in [3.05, 3.63) is 29.6 Å². The number of rotatable bonds is 5. The largest absolute Gasteiger partial charge is 0.314 e. The predicted molar refractivity (Wildman–Crippen MR) is 83.6 cm³/mol. The van der Waals surface area contributed by atoms with Gasteiger partial charge in [-0.1, -0.05) is 6.07 Å². The Balaban J connectivity index is 1.64. The smallest absolute Gasteiger partial charge is 0.245 e. The second-order valence-corrected chi connectivity index (χ2v) is 8.37. The van der Waals surface area contributed by atoms with E-state index in [2.05, 4.69) is 5.32 Å². The van der Waals surface area contributed by atoms with Gasteiger partial charge in [0, 0.05) is 19.1 Å². The van der Waals surface area contributed by atoms with Crippen molar-refractivity contribution in [3.8, 4) is 0 Å². The van der Waals surface area contributed by atoms with Crippen molar-refractivity contribution in [1.82, 2.24) is 9.62 Å². The number of benzene rings is 1. The van der Waals surface area contributed by atoms with Crippen molar-refractivity contribution in [2.75, 3.05) is 19.6 Å². The van der Waals surface area contributed by atoms with Crippen LogP contribution >= 0.6 is 0 Å². The molecule has 0 spiro atoms. The Bertz CT molecular complexity index is 636. The molecule has 22 heavy (non-hydrogen) atoms. The van der Waals surface area contributed by atoms with Crippen molar-refractivity contribution in [2.45, 2.75) is 43.5 Å². The molecule has 1 aliphatic heterocycles. The second kappa shape index (κ2) is 6.26. The average molecular weight is 326 g/mol. The summed E-state index contributed by atoms with van der Waals surface area (Å²) in [7, 11) is -3.73. The van der Waals surface area contributed by atoms with Crippen LogP contribution in [0.25, 0.3) is 0 Å². The van der Waals surface area contributed by atoms with Gasteiger partial charge in [0.15, 0.2) is 0 Å². The zero-order chi connectivity index (χ0) is 15.7. The molecule has 1 saturated carbocycles. The van der Waals surface area contributed by atoms with Crippen LogP contribution in [0.15, 0.2) is 23.1 Å². The second-order valence-electron chi connectivity index (χ2n) is 6.46. The van der Waals surface area contributed by atoms with Crippen LogP contribution < -0.4 is 5.32 Å². The quantitative estimate of drug-likeness (QED) is 0.903. The summed E-state index contributed by atoms with van der Waals surface area (Å²) in [6.07, 6.45) is 4.21. The monoisotopic (exact) mass is 326 g/mol. The number of hydrogen-bond acceptors (Lipinski definition) is 3. The highest BCUT2D eigenvalue weighted by atomic mass is 32.2. The molecule has 2 fully saturated rings. The highest BCUT2D eigenvalue weighted by Crippen LogP contribution is 2.28. The number of piperidine rings is 1. The van der Waals surface area contributed by atoms with Gasteiger partial charge in [-0.25, -0.2) is 12.8 Å². The first-order valence-corrected chi connectivity index (χ1v) is 9.40. The lowest BCUT2D eigenvalue weighted by molar-refractivity contribution is 0.287. The molecule has 1 heterocycles. The highest BCUT2D eigenvalue weighted by molar-refractivity contribution is 7.89. The van der Waals surface area contributed by atoms with E-state index in [9.17, 15) is 12.8 Å². The van der Waals surface area contributed by atoms with Crippen LogP contribution in [0.2, 0.25) is 0 Å². The Morgan fingerprint density at radius 2 is 1.91 bits per heavy atom. The van der Waals surface area contributed by atoms with E-state index >= 15 is 0 Å². The summed E-state index contributed by atoms with van der Waals surface area (Å²) < 4.78 is 40.5. The minimum absolute atomic E-state index is 0.197. The third kappa shape index (κ3) is 3.50. The minimum Gasteiger partial charge on any atom is -0.314 e. The van der Waals surface area contributed by atoms with E-state index in [0.717, 1.165) is 30.9 Å².